The van der Waals surface area contributed by atoms with Crippen molar-refractivity contribution in [1.82, 2.24) is 0 Å². The van der Waals surface area contributed by atoms with Gasteiger partial charge >= 0.3 is 12.1 Å². The summed E-state index contributed by atoms with van der Waals surface area (Å²) in [5.74, 6) is -3.94. The number of rotatable bonds is 3. The van der Waals surface area contributed by atoms with Crippen molar-refractivity contribution in [2.24, 2.45) is 0 Å². The molecule has 1 N–H and O–H groups in total. The van der Waals surface area contributed by atoms with Crippen LogP contribution in [0.5, 0.6) is 5.75 Å². The SMILES string of the molecule is CC(C)Oc1cc(C(=O)O)c(F)c(C(F)(F)F)c1. The first-order valence-corrected chi connectivity index (χ1v) is 4.93. The van der Waals surface area contributed by atoms with Gasteiger partial charge in [-0.1, -0.05) is 0 Å². The van der Waals surface area contributed by atoms with Crippen LogP contribution in [0, 0.1) is 5.82 Å². The van der Waals surface area contributed by atoms with E-state index in [1.165, 1.54) is 0 Å². The Morgan fingerprint density at radius 3 is 2.28 bits per heavy atom. The fraction of sp³-hybridized carbons (Fsp3) is 0.364. The van der Waals surface area contributed by atoms with Gasteiger partial charge in [0.05, 0.1) is 17.2 Å². The Hall–Kier alpha value is -1.79. The van der Waals surface area contributed by atoms with Crippen LogP contribution in [-0.2, 0) is 6.18 Å². The molecule has 18 heavy (non-hydrogen) atoms. The van der Waals surface area contributed by atoms with E-state index >= 15 is 0 Å². The molecule has 0 aliphatic rings. The second-order valence-corrected chi connectivity index (χ2v) is 3.80. The molecule has 1 aromatic rings. The van der Waals surface area contributed by atoms with Crippen LogP contribution in [0.3, 0.4) is 0 Å². The maximum atomic E-state index is 13.4. The lowest BCUT2D eigenvalue weighted by molar-refractivity contribution is -0.140. The van der Waals surface area contributed by atoms with Gasteiger partial charge in [0.1, 0.15) is 11.6 Å². The Bertz CT molecular complexity index is 466. The minimum atomic E-state index is -4.98. The second kappa shape index (κ2) is 4.83. The highest BCUT2D eigenvalue weighted by Gasteiger charge is 2.37. The molecule has 7 heteroatoms. The van der Waals surface area contributed by atoms with E-state index in [4.69, 9.17) is 9.84 Å². The van der Waals surface area contributed by atoms with Gasteiger partial charge in [0.15, 0.2) is 0 Å². The summed E-state index contributed by atoms with van der Waals surface area (Å²) in [6.45, 7) is 3.11. The Morgan fingerprint density at radius 2 is 1.89 bits per heavy atom. The van der Waals surface area contributed by atoms with E-state index in [0.29, 0.717) is 6.07 Å². The third-order valence-electron chi connectivity index (χ3n) is 1.95. The van der Waals surface area contributed by atoms with E-state index in [-0.39, 0.29) is 5.75 Å². The second-order valence-electron chi connectivity index (χ2n) is 3.80. The van der Waals surface area contributed by atoms with E-state index in [9.17, 15) is 22.4 Å². The monoisotopic (exact) mass is 266 g/mol. The van der Waals surface area contributed by atoms with Gasteiger partial charge in [-0.15, -0.1) is 0 Å². The summed E-state index contributed by atoms with van der Waals surface area (Å²) < 4.78 is 55.9. The summed E-state index contributed by atoms with van der Waals surface area (Å²) in [4.78, 5) is 10.7. The maximum absolute atomic E-state index is 13.4. The molecule has 0 aliphatic heterocycles. The van der Waals surface area contributed by atoms with Crippen molar-refractivity contribution in [3.63, 3.8) is 0 Å². The van der Waals surface area contributed by atoms with E-state index < -0.39 is 35.2 Å². The zero-order valence-electron chi connectivity index (χ0n) is 9.51. The largest absolute Gasteiger partial charge is 0.491 e. The van der Waals surface area contributed by atoms with E-state index in [1.807, 2.05) is 0 Å². The molecule has 1 aromatic carbocycles. The van der Waals surface area contributed by atoms with Gasteiger partial charge < -0.3 is 9.84 Å². The van der Waals surface area contributed by atoms with Crippen molar-refractivity contribution in [3.05, 3.63) is 29.1 Å². The van der Waals surface area contributed by atoms with E-state index in [2.05, 4.69) is 0 Å². The third kappa shape index (κ3) is 3.12. The number of aromatic carboxylic acids is 1. The predicted octanol–water partition coefficient (Wildman–Crippen LogP) is 3.33. The molecular formula is C11H10F4O3. The first-order chi connectivity index (χ1) is 8.12. The molecule has 0 saturated heterocycles. The van der Waals surface area contributed by atoms with E-state index in [0.717, 1.165) is 6.07 Å². The highest BCUT2D eigenvalue weighted by Crippen LogP contribution is 2.35. The Morgan fingerprint density at radius 1 is 1.33 bits per heavy atom. The fourth-order valence-electron chi connectivity index (χ4n) is 1.30. The number of benzene rings is 1. The van der Waals surface area contributed by atoms with Crippen LogP contribution in [0.25, 0.3) is 0 Å². The zero-order chi connectivity index (χ0) is 14.1. The normalized spacial score (nSPS) is 11.7. The first-order valence-electron chi connectivity index (χ1n) is 4.93. The molecule has 0 saturated carbocycles. The van der Waals surface area contributed by atoms with Gasteiger partial charge in [0, 0.05) is 0 Å². The smallest absolute Gasteiger partial charge is 0.419 e. The van der Waals surface area contributed by atoms with Crippen LogP contribution in [0.1, 0.15) is 29.8 Å². The summed E-state index contributed by atoms with van der Waals surface area (Å²) in [5.41, 5.74) is -2.72. The lowest BCUT2D eigenvalue weighted by atomic mass is 10.1. The van der Waals surface area contributed by atoms with Crippen molar-refractivity contribution in [2.75, 3.05) is 0 Å². The molecule has 0 aliphatic carbocycles. The molecule has 0 unspecified atom stereocenters. The Labute approximate surface area is 100.0 Å². The molecule has 0 heterocycles. The highest BCUT2D eigenvalue weighted by molar-refractivity contribution is 5.88. The van der Waals surface area contributed by atoms with E-state index in [1.54, 1.807) is 13.8 Å². The highest BCUT2D eigenvalue weighted by atomic mass is 19.4. The van der Waals surface area contributed by atoms with Crippen LogP contribution in [0.4, 0.5) is 17.6 Å². The maximum Gasteiger partial charge on any atom is 0.419 e. The number of carboxylic acids is 1. The zero-order valence-corrected chi connectivity index (χ0v) is 9.51. The van der Waals surface area contributed by atoms with Crippen LogP contribution in [0.15, 0.2) is 12.1 Å². The van der Waals surface area contributed by atoms with Crippen molar-refractivity contribution in [2.45, 2.75) is 26.1 Å². The van der Waals surface area contributed by atoms with Crippen molar-refractivity contribution >= 4 is 5.97 Å². The molecule has 100 valence electrons. The Balaban J connectivity index is 3.42. The molecule has 1 rings (SSSR count). The lowest BCUT2D eigenvalue weighted by Gasteiger charge is -2.15. The predicted molar refractivity (Wildman–Crippen MR) is 54.1 cm³/mol. The van der Waals surface area contributed by atoms with Gasteiger partial charge in [-0.05, 0) is 26.0 Å². The first kappa shape index (κ1) is 14.3. The molecule has 0 spiro atoms. The molecule has 0 atom stereocenters. The minimum Gasteiger partial charge on any atom is -0.491 e. The molecule has 0 radical (unpaired) electrons. The average Bonchev–Trinajstić information content (AvgIpc) is 2.17. The van der Waals surface area contributed by atoms with Gasteiger partial charge in [0.2, 0.25) is 0 Å². The molecule has 0 fully saturated rings. The van der Waals surface area contributed by atoms with Gasteiger partial charge in [-0.2, -0.15) is 13.2 Å². The Kier molecular flexibility index (Phi) is 3.83. The third-order valence-corrected chi connectivity index (χ3v) is 1.95. The summed E-state index contributed by atoms with van der Waals surface area (Å²) in [5, 5.41) is 8.65. The van der Waals surface area contributed by atoms with Gasteiger partial charge in [-0.3, -0.25) is 0 Å². The number of hydrogen-bond acceptors (Lipinski definition) is 2. The summed E-state index contributed by atoms with van der Waals surface area (Å²) >= 11 is 0. The van der Waals surface area contributed by atoms with Crippen LogP contribution >= 0.6 is 0 Å². The van der Waals surface area contributed by atoms with Crippen molar-refractivity contribution < 1.29 is 32.2 Å². The lowest BCUT2D eigenvalue weighted by Crippen LogP contribution is -2.14. The number of ether oxygens (including phenoxy) is 1. The summed E-state index contributed by atoms with van der Waals surface area (Å²) in [6.07, 6.45) is -5.44. The topological polar surface area (TPSA) is 46.5 Å². The van der Waals surface area contributed by atoms with Crippen LogP contribution < -0.4 is 4.74 Å². The van der Waals surface area contributed by atoms with Crippen molar-refractivity contribution in [3.8, 4) is 5.75 Å². The number of carbonyl (C=O) groups is 1. The number of carboxylic acid groups (broad SMARTS) is 1. The van der Waals surface area contributed by atoms with Crippen LogP contribution in [0.2, 0.25) is 0 Å². The average molecular weight is 266 g/mol. The number of alkyl halides is 3. The summed E-state index contributed by atoms with van der Waals surface area (Å²) in [7, 11) is 0. The molecule has 3 nitrogen and oxygen atoms in total. The molecule has 0 bridgehead atoms. The number of hydrogen-bond donors (Lipinski definition) is 1. The molecular weight excluding hydrogens is 256 g/mol. The quantitative estimate of drug-likeness (QED) is 0.853. The fourth-order valence-corrected chi connectivity index (χ4v) is 1.30. The van der Waals surface area contributed by atoms with Gasteiger partial charge in [0.25, 0.3) is 0 Å². The minimum absolute atomic E-state index is 0.337. The standard InChI is InChI=1S/C11H10F4O3/c1-5(2)18-6-3-7(10(16)17)9(12)8(4-6)11(13,14)15/h3-5H,1-2H3,(H,16,17). The van der Waals surface area contributed by atoms with Gasteiger partial charge in [-0.25, -0.2) is 9.18 Å². The van der Waals surface area contributed by atoms with Crippen LogP contribution in [-0.4, -0.2) is 17.2 Å². The molecule has 0 amide bonds. The van der Waals surface area contributed by atoms with Crippen molar-refractivity contribution in [1.29, 1.82) is 0 Å². The summed E-state index contributed by atoms with van der Waals surface area (Å²) in [6, 6.07) is 1.18. The molecule has 0 aromatic heterocycles. The number of halogens is 4.